The Morgan fingerprint density at radius 2 is 2.20 bits per heavy atom. The summed E-state index contributed by atoms with van der Waals surface area (Å²) in [6.07, 6.45) is 4.28. The molecule has 3 heterocycles. The Labute approximate surface area is 207 Å². The summed E-state index contributed by atoms with van der Waals surface area (Å²) in [5.74, 6) is -0.342. The topological polar surface area (TPSA) is 130 Å². The van der Waals surface area contributed by atoms with E-state index in [4.69, 9.17) is 21.6 Å². The van der Waals surface area contributed by atoms with E-state index in [0.29, 0.717) is 40.8 Å². The smallest absolute Gasteiger partial charge is 0.272 e. The van der Waals surface area contributed by atoms with Crippen LogP contribution in [0.25, 0.3) is 11.3 Å². The molecule has 1 amide bonds. The number of hydrogen-bond acceptors (Lipinski definition) is 7. The lowest BCUT2D eigenvalue weighted by molar-refractivity contribution is -0.0399. The van der Waals surface area contributed by atoms with Crippen molar-refractivity contribution in [2.45, 2.75) is 51.9 Å². The van der Waals surface area contributed by atoms with Crippen molar-refractivity contribution in [2.75, 3.05) is 6.61 Å². The Balaban J connectivity index is 1.44. The monoisotopic (exact) mass is 495 g/mol. The fourth-order valence-corrected chi connectivity index (χ4v) is 4.19. The molecule has 0 radical (unpaired) electrons. The van der Waals surface area contributed by atoms with Gasteiger partial charge >= 0.3 is 0 Å². The van der Waals surface area contributed by atoms with Gasteiger partial charge in [0.1, 0.15) is 11.8 Å². The number of aromatic nitrogens is 4. The summed E-state index contributed by atoms with van der Waals surface area (Å²) in [7, 11) is 0. The first-order valence-corrected chi connectivity index (χ1v) is 11.7. The average Bonchev–Trinajstić information content (AvgIpc) is 3.52. The van der Waals surface area contributed by atoms with Crippen molar-refractivity contribution in [3.05, 3.63) is 58.5 Å². The molecule has 0 spiro atoms. The number of nitriles is 1. The first-order chi connectivity index (χ1) is 16.9. The van der Waals surface area contributed by atoms with Crippen LogP contribution in [-0.2, 0) is 11.3 Å². The third kappa shape index (κ3) is 5.53. The molecule has 11 heteroatoms. The highest BCUT2D eigenvalue weighted by Gasteiger charge is 2.24. The maximum Gasteiger partial charge on any atom is 0.272 e. The van der Waals surface area contributed by atoms with Crippen molar-refractivity contribution < 1.29 is 14.7 Å². The van der Waals surface area contributed by atoms with Gasteiger partial charge in [-0.25, -0.2) is 4.68 Å². The maximum absolute atomic E-state index is 12.9. The summed E-state index contributed by atoms with van der Waals surface area (Å²) >= 11 is 6.14. The van der Waals surface area contributed by atoms with Crippen LogP contribution < -0.4 is 5.32 Å². The summed E-state index contributed by atoms with van der Waals surface area (Å²) < 4.78 is 9.16. The van der Waals surface area contributed by atoms with Crippen molar-refractivity contribution in [1.82, 2.24) is 24.9 Å². The van der Waals surface area contributed by atoms with Crippen LogP contribution in [0, 0.1) is 11.3 Å². The van der Waals surface area contributed by atoms with E-state index in [0.717, 1.165) is 24.8 Å². The van der Waals surface area contributed by atoms with Crippen molar-refractivity contribution in [3.63, 3.8) is 0 Å². The van der Waals surface area contributed by atoms with Gasteiger partial charge in [0.25, 0.3) is 5.91 Å². The summed E-state index contributed by atoms with van der Waals surface area (Å²) in [5, 5.41) is 33.9. The lowest BCUT2D eigenvalue weighted by Crippen LogP contribution is -2.36. The number of benzene rings is 1. The van der Waals surface area contributed by atoms with Crippen LogP contribution in [0.15, 0.2) is 41.7 Å². The third-order valence-electron chi connectivity index (χ3n) is 5.78. The molecule has 2 unspecified atom stereocenters. The zero-order valence-corrected chi connectivity index (χ0v) is 20.2. The second kappa shape index (κ2) is 10.7. The molecule has 182 valence electrons. The molecule has 35 heavy (non-hydrogen) atoms. The van der Waals surface area contributed by atoms with E-state index in [1.54, 1.807) is 40.6 Å². The highest BCUT2D eigenvalue weighted by molar-refractivity contribution is 6.32. The number of rotatable bonds is 7. The molecular formula is C24H26ClN7O3. The maximum atomic E-state index is 12.9. The number of oxime groups is 1. The standard InChI is InChI=1S/C24H26ClN7O3/c1-15(14-31-9-8-20(28-31)17-6-7-18(13-26)19(25)11-17)27-24(33)21-12-22(16(2)30-34)32(29-21)23-5-3-4-10-35-23/h6-9,11-12,15,23,34H,3-5,10,14H2,1-2H3,(H,27,33)/b30-16-. The number of hydrogen-bond donors (Lipinski definition) is 2. The molecule has 1 saturated heterocycles. The second-order valence-electron chi connectivity index (χ2n) is 8.47. The van der Waals surface area contributed by atoms with Gasteiger partial charge in [-0.15, -0.1) is 0 Å². The summed E-state index contributed by atoms with van der Waals surface area (Å²) in [6, 6.07) is 10.4. The number of halogens is 1. The number of nitrogens with zero attached hydrogens (tertiary/aromatic N) is 6. The van der Waals surface area contributed by atoms with Crippen molar-refractivity contribution in [2.24, 2.45) is 5.16 Å². The number of amides is 1. The van der Waals surface area contributed by atoms with Crippen molar-refractivity contribution in [1.29, 1.82) is 5.26 Å². The Hall–Kier alpha value is -3.68. The van der Waals surface area contributed by atoms with E-state index < -0.39 is 0 Å². The predicted molar refractivity (Wildman–Crippen MR) is 129 cm³/mol. The number of nitrogens with one attached hydrogen (secondary N) is 1. The Bertz CT molecular complexity index is 1280. The Morgan fingerprint density at radius 3 is 2.89 bits per heavy atom. The highest BCUT2D eigenvalue weighted by Crippen LogP contribution is 2.25. The fourth-order valence-electron chi connectivity index (χ4n) is 3.97. The van der Waals surface area contributed by atoms with E-state index in [2.05, 4.69) is 20.7 Å². The van der Waals surface area contributed by atoms with Crippen LogP contribution in [-0.4, -0.2) is 49.0 Å². The summed E-state index contributed by atoms with van der Waals surface area (Å²) in [6.45, 7) is 4.59. The van der Waals surface area contributed by atoms with Gasteiger partial charge in [0.2, 0.25) is 0 Å². The van der Waals surface area contributed by atoms with Crippen molar-refractivity contribution in [3.8, 4) is 17.3 Å². The summed E-state index contributed by atoms with van der Waals surface area (Å²) in [4.78, 5) is 12.9. The normalized spacial score (nSPS) is 17.1. The quantitative estimate of drug-likeness (QED) is 0.289. The van der Waals surface area contributed by atoms with Crippen LogP contribution in [0.3, 0.4) is 0 Å². The van der Waals surface area contributed by atoms with Gasteiger partial charge < -0.3 is 15.3 Å². The molecule has 1 fully saturated rings. The molecule has 1 aliphatic heterocycles. The van der Waals surface area contributed by atoms with E-state index in [9.17, 15) is 10.0 Å². The number of carbonyl (C=O) groups is 1. The lowest BCUT2D eigenvalue weighted by atomic mass is 10.1. The van der Waals surface area contributed by atoms with Crippen LogP contribution in [0.1, 0.15) is 61.1 Å². The molecule has 4 rings (SSSR count). The van der Waals surface area contributed by atoms with Gasteiger partial charge in [0.05, 0.1) is 28.5 Å². The van der Waals surface area contributed by atoms with Crippen LogP contribution in [0.5, 0.6) is 0 Å². The zero-order valence-electron chi connectivity index (χ0n) is 19.5. The predicted octanol–water partition coefficient (Wildman–Crippen LogP) is 3.99. The van der Waals surface area contributed by atoms with E-state index in [1.807, 2.05) is 25.3 Å². The minimum atomic E-state index is -0.342. The zero-order chi connectivity index (χ0) is 24.9. The molecule has 2 atom stereocenters. The largest absolute Gasteiger partial charge is 0.411 e. The molecule has 0 bridgehead atoms. The van der Waals surface area contributed by atoms with Crippen LogP contribution in [0.4, 0.5) is 0 Å². The van der Waals surface area contributed by atoms with Crippen molar-refractivity contribution >= 4 is 23.2 Å². The molecule has 3 aromatic rings. The highest BCUT2D eigenvalue weighted by atomic mass is 35.5. The van der Waals surface area contributed by atoms with E-state index in [-0.39, 0.29) is 23.9 Å². The minimum absolute atomic E-state index is 0.220. The minimum Gasteiger partial charge on any atom is -0.411 e. The molecule has 0 saturated carbocycles. The van der Waals surface area contributed by atoms with Gasteiger partial charge in [-0.3, -0.25) is 9.48 Å². The van der Waals surface area contributed by atoms with Gasteiger partial charge in [0.15, 0.2) is 11.9 Å². The fraction of sp³-hybridized carbons (Fsp3) is 0.375. The van der Waals surface area contributed by atoms with E-state index in [1.165, 1.54) is 0 Å². The van der Waals surface area contributed by atoms with Crippen LogP contribution in [0.2, 0.25) is 5.02 Å². The average molecular weight is 496 g/mol. The SMILES string of the molecule is C/C(=N/O)c1cc(C(=O)NC(C)Cn2ccc(-c3ccc(C#N)c(Cl)c3)n2)nn1C1CCCCO1. The molecule has 1 aliphatic rings. The number of carbonyl (C=O) groups excluding carboxylic acids is 1. The Kier molecular flexibility index (Phi) is 7.48. The van der Waals surface area contributed by atoms with Gasteiger partial charge in [0, 0.05) is 24.4 Å². The third-order valence-corrected chi connectivity index (χ3v) is 6.09. The number of ether oxygens (including phenoxy) is 1. The lowest BCUT2D eigenvalue weighted by Gasteiger charge is -2.24. The molecular weight excluding hydrogens is 470 g/mol. The molecule has 0 aliphatic carbocycles. The first-order valence-electron chi connectivity index (χ1n) is 11.3. The van der Waals surface area contributed by atoms with Gasteiger partial charge in [-0.05, 0) is 57.4 Å². The van der Waals surface area contributed by atoms with E-state index >= 15 is 0 Å². The molecule has 2 N–H and O–H groups in total. The van der Waals surface area contributed by atoms with Gasteiger partial charge in [-0.2, -0.15) is 15.5 Å². The van der Waals surface area contributed by atoms with Crippen LogP contribution >= 0.6 is 11.6 Å². The second-order valence-corrected chi connectivity index (χ2v) is 8.88. The Morgan fingerprint density at radius 1 is 1.37 bits per heavy atom. The molecule has 10 nitrogen and oxygen atoms in total. The van der Waals surface area contributed by atoms with Gasteiger partial charge in [-0.1, -0.05) is 22.8 Å². The molecule has 2 aromatic heterocycles. The first kappa shape index (κ1) is 24.4. The molecule has 1 aromatic carbocycles. The summed E-state index contributed by atoms with van der Waals surface area (Å²) in [5.41, 5.74) is 3.03.